The van der Waals surface area contributed by atoms with Crippen molar-refractivity contribution in [1.29, 1.82) is 0 Å². The van der Waals surface area contributed by atoms with E-state index < -0.39 is 54.6 Å². The lowest BCUT2D eigenvalue weighted by Gasteiger charge is -2.38. The number of allylic oxidation sites excluding steroid dienone is 1. The fourth-order valence-corrected chi connectivity index (χ4v) is 3.68. The number of carbonyl (C=O) groups excluding carboxylic acids is 4. The third-order valence-electron chi connectivity index (χ3n) is 4.92. The maximum Gasteiger partial charge on any atom is 0.345 e. The molecule has 0 N–H and O–H groups in total. The maximum atomic E-state index is 11.9. The van der Waals surface area contributed by atoms with Crippen LogP contribution < -0.4 is 0 Å². The zero-order chi connectivity index (χ0) is 21.8. The van der Waals surface area contributed by atoms with E-state index >= 15 is 0 Å². The van der Waals surface area contributed by atoms with Crippen molar-refractivity contribution < 1.29 is 47.6 Å². The molecule has 30 heavy (non-hydrogen) atoms. The van der Waals surface area contributed by atoms with Crippen molar-refractivity contribution in [2.75, 3.05) is 6.61 Å². The molecule has 3 rings (SSSR count). The molecule has 0 aromatic carbocycles. The van der Waals surface area contributed by atoms with Gasteiger partial charge >= 0.3 is 23.9 Å². The SMILES string of the molecule is C/C=C1/C(OC2CC(OC(C)=O)CC(COC(C)=O)O2)OC=C2C(=O)OC(=O)C[C@H]21. The highest BCUT2D eigenvalue weighted by molar-refractivity contribution is 6.00. The summed E-state index contributed by atoms with van der Waals surface area (Å²) in [5.74, 6) is -2.76. The van der Waals surface area contributed by atoms with E-state index in [2.05, 4.69) is 4.74 Å². The van der Waals surface area contributed by atoms with Crippen molar-refractivity contribution in [1.82, 2.24) is 0 Å². The lowest BCUT2D eigenvalue weighted by Crippen LogP contribution is -2.44. The monoisotopic (exact) mass is 424 g/mol. The summed E-state index contributed by atoms with van der Waals surface area (Å²) in [6, 6.07) is 0. The Morgan fingerprint density at radius 3 is 2.63 bits per heavy atom. The molecule has 3 aliphatic rings. The lowest BCUT2D eigenvalue weighted by molar-refractivity contribution is -0.271. The highest BCUT2D eigenvalue weighted by atomic mass is 16.8. The molecular weight excluding hydrogens is 400 g/mol. The lowest BCUT2D eigenvalue weighted by atomic mass is 9.85. The van der Waals surface area contributed by atoms with E-state index in [4.69, 9.17) is 23.7 Å². The summed E-state index contributed by atoms with van der Waals surface area (Å²) in [7, 11) is 0. The molecular formula is C20H24O10. The van der Waals surface area contributed by atoms with Gasteiger partial charge in [0.05, 0.1) is 24.4 Å². The molecule has 2 saturated heterocycles. The van der Waals surface area contributed by atoms with Gasteiger partial charge in [-0.1, -0.05) is 6.08 Å². The Morgan fingerprint density at radius 2 is 1.97 bits per heavy atom. The fraction of sp³-hybridized carbons (Fsp3) is 0.600. The molecule has 0 spiro atoms. The molecule has 0 bridgehead atoms. The van der Waals surface area contributed by atoms with Crippen molar-refractivity contribution >= 4 is 23.9 Å². The van der Waals surface area contributed by atoms with Crippen molar-refractivity contribution in [3.8, 4) is 0 Å². The second-order valence-electron chi connectivity index (χ2n) is 7.18. The molecule has 2 fully saturated rings. The van der Waals surface area contributed by atoms with Crippen molar-refractivity contribution in [3.63, 3.8) is 0 Å². The smallest absolute Gasteiger partial charge is 0.345 e. The summed E-state index contributed by atoms with van der Waals surface area (Å²) in [4.78, 5) is 46.2. The predicted octanol–water partition coefficient (Wildman–Crippen LogP) is 1.28. The summed E-state index contributed by atoms with van der Waals surface area (Å²) >= 11 is 0. The number of hydrogen-bond acceptors (Lipinski definition) is 10. The molecule has 0 saturated carbocycles. The normalized spacial score (nSPS) is 32.4. The van der Waals surface area contributed by atoms with Gasteiger partial charge < -0.3 is 28.4 Å². The number of fused-ring (bicyclic) bond motifs is 1. The summed E-state index contributed by atoms with van der Waals surface area (Å²) in [5.41, 5.74) is 0.838. The number of rotatable bonds is 5. The van der Waals surface area contributed by atoms with E-state index in [9.17, 15) is 19.2 Å². The fourth-order valence-electron chi connectivity index (χ4n) is 3.68. The van der Waals surface area contributed by atoms with Gasteiger partial charge in [0.1, 0.15) is 12.7 Å². The van der Waals surface area contributed by atoms with Crippen LogP contribution in [0, 0.1) is 5.92 Å². The molecule has 0 radical (unpaired) electrons. The van der Waals surface area contributed by atoms with E-state index in [0.29, 0.717) is 12.0 Å². The summed E-state index contributed by atoms with van der Waals surface area (Å²) in [6.07, 6.45) is 0.789. The van der Waals surface area contributed by atoms with E-state index in [1.54, 1.807) is 13.0 Å². The first kappa shape index (κ1) is 22.0. The average molecular weight is 424 g/mol. The first-order valence-electron chi connectivity index (χ1n) is 9.65. The number of carbonyl (C=O) groups is 4. The Kier molecular flexibility index (Phi) is 6.88. The van der Waals surface area contributed by atoms with Gasteiger partial charge in [0.15, 0.2) is 6.29 Å². The third-order valence-corrected chi connectivity index (χ3v) is 4.92. The predicted molar refractivity (Wildman–Crippen MR) is 97.1 cm³/mol. The largest absolute Gasteiger partial charge is 0.468 e. The number of ether oxygens (including phenoxy) is 6. The average Bonchev–Trinajstić information content (AvgIpc) is 2.65. The van der Waals surface area contributed by atoms with E-state index in [1.165, 1.54) is 20.1 Å². The molecule has 0 aromatic rings. The first-order valence-corrected chi connectivity index (χ1v) is 9.65. The summed E-state index contributed by atoms with van der Waals surface area (Å²) < 4.78 is 32.3. The number of hydrogen-bond donors (Lipinski definition) is 0. The zero-order valence-corrected chi connectivity index (χ0v) is 17.0. The first-order chi connectivity index (χ1) is 14.3. The van der Waals surface area contributed by atoms with Crippen LogP contribution in [-0.4, -0.2) is 55.3 Å². The molecule has 0 aromatic heterocycles. The second-order valence-corrected chi connectivity index (χ2v) is 7.18. The topological polar surface area (TPSA) is 124 Å². The van der Waals surface area contributed by atoms with Crippen LogP contribution in [0.25, 0.3) is 0 Å². The molecule has 0 amide bonds. The van der Waals surface area contributed by atoms with Crippen LogP contribution in [0.3, 0.4) is 0 Å². The van der Waals surface area contributed by atoms with Gasteiger partial charge in [0, 0.05) is 38.2 Å². The number of cyclic esters (lactones) is 2. The van der Waals surface area contributed by atoms with Gasteiger partial charge in [-0.3, -0.25) is 14.4 Å². The zero-order valence-electron chi connectivity index (χ0n) is 17.0. The van der Waals surface area contributed by atoms with Gasteiger partial charge in [0.2, 0.25) is 6.29 Å². The molecule has 3 heterocycles. The highest BCUT2D eigenvalue weighted by Crippen LogP contribution is 2.38. The molecule has 4 unspecified atom stereocenters. The quantitative estimate of drug-likeness (QED) is 0.276. The standard InChI is InChI=1S/C20H24O10/c1-4-14-15-7-17(23)29-19(24)16(15)9-26-20(14)30-18-6-12(27-11(3)22)5-13(28-18)8-25-10(2)21/h4,9,12-13,15,18,20H,5-8H2,1-3H3/b14-4+/t12?,13?,15-,18?,20?/m0/s1. The van der Waals surface area contributed by atoms with Crippen molar-refractivity contribution in [2.45, 2.75) is 64.8 Å². The Labute approximate surface area is 173 Å². The number of esters is 4. The van der Waals surface area contributed by atoms with Crippen LogP contribution in [0.5, 0.6) is 0 Å². The van der Waals surface area contributed by atoms with Gasteiger partial charge in [-0.25, -0.2) is 4.79 Å². The Hall–Kier alpha value is -2.72. The molecule has 10 nitrogen and oxygen atoms in total. The van der Waals surface area contributed by atoms with E-state index in [0.717, 1.165) is 0 Å². The van der Waals surface area contributed by atoms with Crippen LogP contribution in [0.1, 0.15) is 40.0 Å². The van der Waals surface area contributed by atoms with Crippen LogP contribution in [-0.2, 0) is 47.6 Å². The van der Waals surface area contributed by atoms with E-state index in [1.807, 2.05) is 0 Å². The molecule has 10 heteroatoms. The van der Waals surface area contributed by atoms with Crippen molar-refractivity contribution in [3.05, 3.63) is 23.5 Å². The molecule has 164 valence electrons. The Bertz CT molecular complexity index is 782. The third kappa shape index (κ3) is 5.25. The van der Waals surface area contributed by atoms with E-state index in [-0.39, 0.29) is 25.0 Å². The minimum atomic E-state index is -0.905. The molecule has 3 aliphatic heterocycles. The van der Waals surface area contributed by atoms with Gasteiger partial charge in [-0.2, -0.15) is 0 Å². The molecule has 0 aliphatic carbocycles. The summed E-state index contributed by atoms with van der Waals surface area (Å²) in [5, 5.41) is 0. The van der Waals surface area contributed by atoms with Crippen LogP contribution in [0.15, 0.2) is 23.5 Å². The van der Waals surface area contributed by atoms with Gasteiger partial charge in [0.25, 0.3) is 0 Å². The Balaban J connectivity index is 1.72. The second kappa shape index (κ2) is 9.40. The maximum absolute atomic E-state index is 11.9. The van der Waals surface area contributed by atoms with Gasteiger partial charge in [-0.15, -0.1) is 0 Å². The minimum absolute atomic E-state index is 0.00284. The molecule has 5 atom stereocenters. The van der Waals surface area contributed by atoms with Crippen molar-refractivity contribution in [2.24, 2.45) is 5.92 Å². The van der Waals surface area contributed by atoms with Crippen LogP contribution in [0.2, 0.25) is 0 Å². The van der Waals surface area contributed by atoms with Crippen LogP contribution in [0.4, 0.5) is 0 Å². The van der Waals surface area contributed by atoms with Crippen LogP contribution >= 0.6 is 0 Å². The minimum Gasteiger partial charge on any atom is -0.468 e. The summed E-state index contributed by atoms with van der Waals surface area (Å²) in [6.45, 7) is 4.33. The van der Waals surface area contributed by atoms with Gasteiger partial charge in [-0.05, 0) is 6.92 Å². The Morgan fingerprint density at radius 1 is 1.20 bits per heavy atom. The highest BCUT2D eigenvalue weighted by Gasteiger charge is 2.43.